The zero-order valence-electron chi connectivity index (χ0n) is 13.2. The molecule has 3 heteroatoms. The van der Waals surface area contributed by atoms with Gasteiger partial charge >= 0.3 is 0 Å². The molecule has 0 spiro atoms. The SMILES string of the molecule is COc1cc2c(cc1OC)C1CC3(C)CC2CC(N)(C1)C3. The van der Waals surface area contributed by atoms with Crippen molar-refractivity contribution >= 4 is 0 Å². The van der Waals surface area contributed by atoms with Gasteiger partial charge in [0, 0.05) is 5.54 Å². The molecule has 21 heavy (non-hydrogen) atoms. The summed E-state index contributed by atoms with van der Waals surface area (Å²) in [5.74, 6) is 2.87. The maximum Gasteiger partial charge on any atom is 0.161 e. The smallest absolute Gasteiger partial charge is 0.161 e. The molecule has 114 valence electrons. The van der Waals surface area contributed by atoms with Crippen LogP contribution in [0.3, 0.4) is 0 Å². The summed E-state index contributed by atoms with van der Waals surface area (Å²) >= 11 is 0. The molecule has 4 bridgehead atoms. The van der Waals surface area contributed by atoms with Crippen molar-refractivity contribution in [3.8, 4) is 11.5 Å². The van der Waals surface area contributed by atoms with E-state index in [1.165, 1.54) is 30.4 Å². The zero-order valence-corrected chi connectivity index (χ0v) is 13.2. The van der Waals surface area contributed by atoms with Crippen molar-refractivity contribution in [3.05, 3.63) is 23.3 Å². The van der Waals surface area contributed by atoms with Crippen molar-refractivity contribution in [2.24, 2.45) is 11.1 Å². The third kappa shape index (κ3) is 1.90. The van der Waals surface area contributed by atoms with E-state index in [1.54, 1.807) is 14.2 Å². The average Bonchev–Trinajstić information content (AvgIpc) is 2.55. The van der Waals surface area contributed by atoms with Crippen LogP contribution in [0, 0.1) is 5.41 Å². The van der Waals surface area contributed by atoms with Crippen LogP contribution in [-0.4, -0.2) is 19.8 Å². The number of hydrogen-bond donors (Lipinski definition) is 1. The van der Waals surface area contributed by atoms with E-state index in [0.717, 1.165) is 24.3 Å². The minimum absolute atomic E-state index is 0.0279. The van der Waals surface area contributed by atoms with Gasteiger partial charge in [-0.15, -0.1) is 0 Å². The minimum Gasteiger partial charge on any atom is -0.493 e. The number of nitrogens with two attached hydrogens (primary N) is 1. The van der Waals surface area contributed by atoms with E-state index in [4.69, 9.17) is 15.2 Å². The lowest BCUT2D eigenvalue weighted by atomic mass is 9.56. The molecule has 2 unspecified atom stereocenters. The highest BCUT2D eigenvalue weighted by molar-refractivity contribution is 5.52. The molecule has 2 fully saturated rings. The highest BCUT2D eigenvalue weighted by atomic mass is 16.5. The maximum absolute atomic E-state index is 6.76. The Morgan fingerprint density at radius 2 is 1.43 bits per heavy atom. The van der Waals surface area contributed by atoms with Gasteiger partial charge in [-0.2, -0.15) is 0 Å². The molecule has 1 aromatic carbocycles. The van der Waals surface area contributed by atoms with Crippen LogP contribution < -0.4 is 15.2 Å². The minimum atomic E-state index is 0.0279. The first-order valence-electron chi connectivity index (χ1n) is 8.00. The predicted octanol–water partition coefficient (Wildman–Crippen LogP) is 3.57. The van der Waals surface area contributed by atoms with Crippen LogP contribution in [0.25, 0.3) is 0 Å². The summed E-state index contributed by atoms with van der Waals surface area (Å²) in [6.45, 7) is 2.44. The third-order valence-corrected chi connectivity index (χ3v) is 6.03. The molecule has 0 aliphatic heterocycles. The second kappa shape index (κ2) is 4.16. The Labute approximate surface area is 126 Å². The van der Waals surface area contributed by atoms with E-state index in [0.29, 0.717) is 17.3 Å². The summed E-state index contributed by atoms with van der Waals surface area (Å²) in [5.41, 5.74) is 10.1. The van der Waals surface area contributed by atoms with Crippen molar-refractivity contribution in [1.82, 2.24) is 0 Å². The Kier molecular flexibility index (Phi) is 2.66. The van der Waals surface area contributed by atoms with Gasteiger partial charge in [0.1, 0.15) is 0 Å². The van der Waals surface area contributed by atoms with E-state index in [-0.39, 0.29) is 5.54 Å². The fraction of sp³-hybridized carbons (Fsp3) is 0.667. The van der Waals surface area contributed by atoms with Gasteiger partial charge in [0.05, 0.1) is 14.2 Å². The number of methoxy groups -OCH3 is 2. The van der Waals surface area contributed by atoms with Crippen LogP contribution in [0.15, 0.2) is 12.1 Å². The number of benzene rings is 1. The molecule has 5 rings (SSSR count). The van der Waals surface area contributed by atoms with Gasteiger partial charge < -0.3 is 15.2 Å². The zero-order chi connectivity index (χ0) is 14.8. The molecule has 3 nitrogen and oxygen atoms in total. The third-order valence-electron chi connectivity index (χ3n) is 6.03. The van der Waals surface area contributed by atoms with Crippen LogP contribution in [-0.2, 0) is 0 Å². The van der Waals surface area contributed by atoms with Gasteiger partial charge in [-0.1, -0.05) is 6.92 Å². The van der Waals surface area contributed by atoms with Crippen LogP contribution in [0.5, 0.6) is 11.5 Å². The summed E-state index contributed by atoms with van der Waals surface area (Å²) in [4.78, 5) is 0. The summed E-state index contributed by atoms with van der Waals surface area (Å²) < 4.78 is 11.0. The summed E-state index contributed by atoms with van der Waals surface area (Å²) in [7, 11) is 3.44. The van der Waals surface area contributed by atoms with E-state index >= 15 is 0 Å². The monoisotopic (exact) mass is 287 g/mol. The fourth-order valence-corrected chi connectivity index (χ4v) is 5.68. The maximum atomic E-state index is 6.76. The Morgan fingerprint density at radius 1 is 0.952 bits per heavy atom. The summed E-state index contributed by atoms with van der Waals surface area (Å²) in [5, 5.41) is 0. The Balaban J connectivity index is 1.90. The van der Waals surface area contributed by atoms with Gasteiger partial charge in [-0.05, 0) is 72.6 Å². The van der Waals surface area contributed by atoms with Crippen LogP contribution in [0.4, 0.5) is 0 Å². The van der Waals surface area contributed by atoms with E-state index in [2.05, 4.69) is 19.1 Å². The predicted molar refractivity (Wildman–Crippen MR) is 83.1 cm³/mol. The van der Waals surface area contributed by atoms with E-state index < -0.39 is 0 Å². The number of rotatable bonds is 2. The molecule has 4 aliphatic carbocycles. The van der Waals surface area contributed by atoms with Crippen molar-refractivity contribution in [2.45, 2.75) is 56.4 Å². The normalized spacial score (nSPS) is 39.8. The van der Waals surface area contributed by atoms with E-state index in [9.17, 15) is 0 Å². The van der Waals surface area contributed by atoms with E-state index in [1.807, 2.05) is 0 Å². The summed E-state index contributed by atoms with van der Waals surface area (Å²) in [6, 6.07) is 4.43. The van der Waals surface area contributed by atoms with Crippen LogP contribution >= 0.6 is 0 Å². The first kappa shape index (κ1) is 13.4. The number of ether oxygens (including phenoxy) is 2. The highest BCUT2D eigenvalue weighted by Crippen LogP contribution is 2.62. The molecular formula is C18H25NO2. The van der Waals surface area contributed by atoms with Crippen molar-refractivity contribution in [2.75, 3.05) is 14.2 Å². The molecule has 2 N–H and O–H groups in total. The van der Waals surface area contributed by atoms with Crippen molar-refractivity contribution in [3.63, 3.8) is 0 Å². The first-order chi connectivity index (χ1) is 9.95. The highest BCUT2D eigenvalue weighted by Gasteiger charge is 2.53. The molecule has 0 heterocycles. The molecule has 2 atom stereocenters. The molecular weight excluding hydrogens is 262 g/mol. The molecule has 0 radical (unpaired) electrons. The van der Waals surface area contributed by atoms with Crippen LogP contribution in [0.2, 0.25) is 0 Å². The fourth-order valence-electron chi connectivity index (χ4n) is 5.68. The first-order valence-corrected chi connectivity index (χ1v) is 8.00. The van der Waals surface area contributed by atoms with Gasteiger partial charge in [0.15, 0.2) is 11.5 Å². The molecule has 0 aromatic heterocycles. The quantitative estimate of drug-likeness (QED) is 0.904. The summed E-state index contributed by atoms with van der Waals surface area (Å²) in [6.07, 6.45) is 5.98. The standard InChI is InChI=1S/C18H25NO2/c1-17-6-11-8-18(19,10-17)9-12(7-17)14-5-16(21-3)15(20-2)4-13(11)14/h4-5,11-12H,6-10,19H2,1-3H3. The lowest BCUT2D eigenvalue weighted by Gasteiger charge is -2.52. The lowest BCUT2D eigenvalue weighted by Crippen LogP contribution is -2.52. The largest absolute Gasteiger partial charge is 0.493 e. The van der Waals surface area contributed by atoms with Crippen molar-refractivity contribution < 1.29 is 9.47 Å². The topological polar surface area (TPSA) is 44.5 Å². The second-order valence-electron chi connectivity index (χ2n) is 7.90. The Bertz CT molecular complexity index is 532. The average molecular weight is 287 g/mol. The molecule has 4 aliphatic rings. The van der Waals surface area contributed by atoms with Gasteiger partial charge in [-0.3, -0.25) is 0 Å². The van der Waals surface area contributed by atoms with Gasteiger partial charge in [-0.25, -0.2) is 0 Å². The molecule has 1 aromatic rings. The van der Waals surface area contributed by atoms with Crippen molar-refractivity contribution in [1.29, 1.82) is 0 Å². The second-order valence-corrected chi connectivity index (χ2v) is 7.90. The molecule has 0 saturated heterocycles. The lowest BCUT2D eigenvalue weighted by molar-refractivity contribution is 0.0544. The molecule has 2 saturated carbocycles. The Morgan fingerprint density at radius 3 is 1.81 bits per heavy atom. The van der Waals surface area contributed by atoms with Gasteiger partial charge in [0.25, 0.3) is 0 Å². The Hall–Kier alpha value is -1.22. The molecule has 0 amide bonds. The van der Waals surface area contributed by atoms with Crippen LogP contribution in [0.1, 0.15) is 62.0 Å². The number of hydrogen-bond acceptors (Lipinski definition) is 3. The van der Waals surface area contributed by atoms with Gasteiger partial charge in [0.2, 0.25) is 0 Å².